The quantitative estimate of drug-likeness (QED) is 0.944. The van der Waals surface area contributed by atoms with Gasteiger partial charge in [0.1, 0.15) is 16.7 Å². The molecule has 0 aliphatic carbocycles. The van der Waals surface area contributed by atoms with Crippen molar-refractivity contribution in [2.24, 2.45) is 0 Å². The van der Waals surface area contributed by atoms with Crippen molar-refractivity contribution in [3.63, 3.8) is 0 Å². The van der Waals surface area contributed by atoms with Gasteiger partial charge < -0.3 is 4.98 Å². The van der Waals surface area contributed by atoms with Crippen molar-refractivity contribution >= 4 is 11.5 Å². The standard InChI is InChI=1S/C14H21N5S/c1-9-10(2)16-14(15-9)12-4-6-19(7-5-12)8-13-17-11(3)18-20-13/h12H,4-8H2,1-3H3,(H,15,16). The zero-order valence-electron chi connectivity index (χ0n) is 12.3. The lowest BCUT2D eigenvalue weighted by atomic mass is 9.96. The Morgan fingerprint density at radius 3 is 2.50 bits per heavy atom. The topological polar surface area (TPSA) is 57.7 Å². The normalized spacial score (nSPS) is 17.8. The first-order chi connectivity index (χ1) is 9.61. The number of H-pyrrole nitrogens is 1. The van der Waals surface area contributed by atoms with Crippen molar-refractivity contribution in [3.05, 3.63) is 28.0 Å². The maximum atomic E-state index is 4.65. The minimum Gasteiger partial charge on any atom is -0.346 e. The predicted molar refractivity (Wildman–Crippen MR) is 80.0 cm³/mol. The molecule has 2 aromatic heterocycles. The minimum absolute atomic E-state index is 0.579. The molecular weight excluding hydrogens is 270 g/mol. The van der Waals surface area contributed by atoms with Crippen LogP contribution in [0.2, 0.25) is 0 Å². The maximum Gasteiger partial charge on any atom is 0.139 e. The average Bonchev–Trinajstić information content (AvgIpc) is 2.98. The molecule has 1 saturated heterocycles. The number of aromatic nitrogens is 4. The van der Waals surface area contributed by atoms with Crippen LogP contribution in [0.3, 0.4) is 0 Å². The van der Waals surface area contributed by atoms with Crippen molar-refractivity contribution in [2.45, 2.75) is 46.1 Å². The number of nitrogens with one attached hydrogen (secondary N) is 1. The number of piperidine rings is 1. The van der Waals surface area contributed by atoms with Gasteiger partial charge in [-0.15, -0.1) is 0 Å². The van der Waals surface area contributed by atoms with Gasteiger partial charge in [-0.05, 0) is 58.2 Å². The van der Waals surface area contributed by atoms with E-state index in [1.807, 2.05) is 6.92 Å². The van der Waals surface area contributed by atoms with Gasteiger partial charge in [-0.3, -0.25) is 4.90 Å². The second-order valence-corrected chi connectivity index (χ2v) is 6.45. The molecule has 1 aliphatic rings. The molecule has 6 heteroatoms. The third-order valence-corrected chi connectivity index (χ3v) is 4.84. The average molecular weight is 291 g/mol. The zero-order valence-corrected chi connectivity index (χ0v) is 13.1. The van der Waals surface area contributed by atoms with Crippen LogP contribution in [-0.4, -0.2) is 37.3 Å². The number of hydrogen-bond acceptors (Lipinski definition) is 5. The van der Waals surface area contributed by atoms with E-state index in [-0.39, 0.29) is 0 Å². The summed E-state index contributed by atoms with van der Waals surface area (Å²) in [5.74, 6) is 2.64. The Morgan fingerprint density at radius 1 is 1.20 bits per heavy atom. The zero-order chi connectivity index (χ0) is 14.1. The van der Waals surface area contributed by atoms with Crippen molar-refractivity contribution in [2.75, 3.05) is 13.1 Å². The highest BCUT2D eigenvalue weighted by Gasteiger charge is 2.23. The van der Waals surface area contributed by atoms with E-state index in [1.54, 1.807) is 0 Å². The van der Waals surface area contributed by atoms with Crippen molar-refractivity contribution in [1.29, 1.82) is 0 Å². The van der Waals surface area contributed by atoms with Gasteiger partial charge in [-0.1, -0.05) is 0 Å². The van der Waals surface area contributed by atoms with Crippen LogP contribution in [0.5, 0.6) is 0 Å². The Labute approximate surface area is 123 Å². The SMILES string of the molecule is Cc1nsc(CN2CCC(c3nc(C)c(C)[nH]3)CC2)n1. The molecular formula is C14H21N5S. The molecule has 0 amide bonds. The molecule has 1 fully saturated rings. The lowest BCUT2D eigenvalue weighted by molar-refractivity contribution is 0.201. The summed E-state index contributed by atoms with van der Waals surface area (Å²) in [6, 6.07) is 0. The first-order valence-electron chi connectivity index (χ1n) is 7.16. The third kappa shape index (κ3) is 2.91. The summed E-state index contributed by atoms with van der Waals surface area (Å²) in [7, 11) is 0. The van der Waals surface area contributed by atoms with Gasteiger partial charge in [0.15, 0.2) is 0 Å². The van der Waals surface area contributed by atoms with Gasteiger partial charge in [0.25, 0.3) is 0 Å². The van der Waals surface area contributed by atoms with Crippen molar-refractivity contribution in [1.82, 2.24) is 24.2 Å². The number of imidazole rings is 1. The largest absolute Gasteiger partial charge is 0.346 e. The molecule has 3 heterocycles. The van der Waals surface area contributed by atoms with Crippen LogP contribution in [0.4, 0.5) is 0 Å². The van der Waals surface area contributed by atoms with Crippen LogP contribution < -0.4 is 0 Å². The highest BCUT2D eigenvalue weighted by Crippen LogP contribution is 2.27. The van der Waals surface area contributed by atoms with Gasteiger partial charge in [0, 0.05) is 11.6 Å². The number of aryl methyl sites for hydroxylation is 3. The van der Waals surface area contributed by atoms with Crippen LogP contribution in [0, 0.1) is 20.8 Å². The monoisotopic (exact) mass is 291 g/mol. The smallest absolute Gasteiger partial charge is 0.139 e. The first-order valence-corrected chi connectivity index (χ1v) is 7.94. The molecule has 0 spiro atoms. The summed E-state index contributed by atoms with van der Waals surface area (Å²) in [5, 5.41) is 1.13. The fourth-order valence-electron chi connectivity index (χ4n) is 2.73. The molecule has 0 unspecified atom stereocenters. The Bertz CT molecular complexity index is 561. The molecule has 0 saturated carbocycles. The Hall–Kier alpha value is -1.27. The van der Waals surface area contributed by atoms with E-state index in [0.29, 0.717) is 5.92 Å². The van der Waals surface area contributed by atoms with Crippen LogP contribution >= 0.6 is 11.5 Å². The van der Waals surface area contributed by atoms with Crippen molar-refractivity contribution < 1.29 is 0 Å². The molecule has 1 N–H and O–H groups in total. The van der Waals surface area contributed by atoms with Gasteiger partial charge in [0.2, 0.25) is 0 Å². The fraction of sp³-hybridized carbons (Fsp3) is 0.643. The molecule has 108 valence electrons. The molecule has 0 bridgehead atoms. The molecule has 3 rings (SSSR count). The van der Waals surface area contributed by atoms with Crippen molar-refractivity contribution in [3.8, 4) is 0 Å². The summed E-state index contributed by atoms with van der Waals surface area (Å²) in [6.07, 6.45) is 2.34. The number of hydrogen-bond donors (Lipinski definition) is 1. The molecule has 1 aliphatic heterocycles. The lowest BCUT2D eigenvalue weighted by Gasteiger charge is -2.30. The molecule has 0 radical (unpaired) electrons. The van der Waals surface area contributed by atoms with Gasteiger partial charge in [0.05, 0.1) is 12.2 Å². The number of nitrogens with zero attached hydrogens (tertiary/aromatic N) is 4. The Kier molecular flexibility index (Phi) is 3.85. The predicted octanol–water partition coefficient (Wildman–Crippen LogP) is 2.57. The second-order valence-electron chi connectivity index (χ2n) is 5.62. The van der Waals surface area contributed by atoms with Gasteiger partial charge >= 0.3 is 0 Å². The highest BCUT2D eigenvalue weighted by atomic mass is 32.1. The lowest BCUT2D eigenvalue weighted by Crippen LogP contribution is -2.32. The van der Waals surface area contributed by atoms with E-state index in [2.05, 4.69) is 38.1 Å². The number of likely N-dealkylation sites (tertiary alicyclic amines) is 1. The number of aromatic amines is 1. The van der Waals surface area contributed by atoms with E-state index in [4.69, 9.17) is 0 Å². The first kappa shape index (κ1) is 13.7. The Morgan fingerprint density at radius 2 is 1.95 bits per heavy atom. The molecule has 5 nitrogen and oxygen atoms in total. The van der Waals surface area contributed by atoms with Crippen LogP contribution in [0.15, 0.2) is 0 Å². The number of rotatable bonds is 3. The van der Waals surface area contributed by atoms with E-state index in [1.165, 1.54) is 35.9 Å². The summed E-state index contributed by atoms with van der Waals surface area (Å²) in [4.78, 5) is 15.0. The maximum absolute atomic E-state index is 4.65. The van der Waals surface area contributed by atoms with Crippen LogP contribution in [-0.2, 0) is 6.54 Å². The summed E-state index contributed by atoms with van der Waals surface area (Å²) >= 11 is 1.52. The van der Waals surface area contributed by atoms with Gasteiger partial charge in [-0.2, -0.15) is 4.37 Å². The molecule has 2 aromatic rings. The van der Waals surface area contributed by atoms with E-state index in [0.717, 1.165) is 36.2 Å². The molecule has 0 aromatic carbocycles. The summed E-state index contributed by atoms with van der Waals surface area (Å²) in [6.45, 7) is 9.29. The fourth-order valence-corrected chi connectivity index (χ4v) is 3.42. The van der Waals surface area contributed by atoms with Crippen LogP contribution in [0.25, 0.3) is 0 Å². The third-order valence-electron chi connectivity index (χ3n) is 4.05. The van der Waals surface area contributed by atoms with Gasteiger partial charge in [-0.25, -0.2) is 9.97 Å². The molecule has 20 heavy (non-hydrogen) atoms. The van der Waals surface area contributed by atoms with E-state index in [9.17, 15) is 0 Å². The summed E-state index contributed by atoms with van der Waals surface area (Å²) in [5.41, 5.74) is 2.33. The Balaban J connectivity index is 1.56. The van der Waals surface area contributed by atoms with E-state index >= 15 is 0 Å². The highest BCUT2D eigenvalue weighted by molar-refractivity contribution is 7.05. The van der Waals surface area contributed by atoms with Crippen LogP contribution in [0.1, 0.15) is 46.8 Å². The van der Waals surface area contributed by atoms with E-state index < -0.39 is 0 Å². The molecule has 0 atom stereocenters. The second kappa shape index (κ2) is 5.61. The minimum atomic E-state index is 0.579. The summed E-state index contributed by atoms with van der Waals surface area (Å²) < 4.78 is 4.25.